The molecule has 5 rings (SSSR count). The van der Waals surface area contributed by atoms with Crippen LogP contribution in [0, 0.1) is 11.6 Å². The van der Waals surface area contributed by atoms with Crippen LogP contribution in [0.1, 0.15) is 34.6 Å². The van der Waals surface area contributed by atoms with Gasteiger partial charge in [0.15, 0.2) is 23.0 Å². The van der Waals surface area contributed by atoms with Gasteiger partial charge in [0, 0.05) is 23.9 Å². The minimum atomic E-state index is -1.12. The summed E-state index contributed by atoms with van der Waals surface area (Å²) < 4.78 is 36.3. The van der Waals surface area contributed by atoms with Gasteiger partial charge in [-0.2, -0.15) is 4.39 Å². The molecule has 0 radical (unpaired) electrons. The number of rotatable bonds is 1. The van der Waals surface area contributed by atoms with Gasteiger partial charge in [0.1, 0.15) is 19.3 Å². The van der Waals surface area contributed by atoms with E-state index in [1.54, 1.807) is 24.1 Å². The molecule has 174 valence electrons. The summed E-state index contributed by atoms with van der Waals surface area (Å²) in [4.78, 5) is 27.1. The number of halogens is 2. The van der Waals surface area contributed by atoms with Crippen LogP contribution in [0.3, 0.4) is 0 Å². The molecule has 2 bridgehead atoms. The molecule has 0 saturated carbocycles. The number of carbonyl (C=O) groups excluding carboxylic acids is 1. The molecule has 1 amide bonds. The Morgan fingerprint density at radius 2 is 1.82 bits per heavy atom. The van der Waals surface area contributed by atoms with Gasteiger partial charge in [-0.1, -0.05) is 36.4 Å². The fraction of sp³-hybridized carbons (Fsp3) is 0.200. The number of fused-ring (bicyclic) bond motifs is 5. The second kappa shape index (κ2) is 8.33. The second-order valence-electron chi connectivity index (χ2n) is 8.15. The van der Waals surface area contributed by atoms with Gasteiger partial charge in [0.25, 0.3) is 5.91 Å². The van der Waals surface area contributed by atoms with Crippen molar-refractivity contribution in [2.24, 2.45) is 0 Å². The number of benzene rings is 2. The minimum Gasteiger partial charge on any atom is -0.502 e. The first-order valence-corrected chi connectivity index (χ1v) is 10.7. The van der Waals surface area contributed by atoms with Crippen molar-refractivity contribution < 1.29 is 23.4 Å². The lowest BCUT2D eigenvalue weighted by molar-refractivity contribution is 0.0643. The third kappa shape index (κ3) is 3.40. The Morgan fingerprint density at radius 3 is 2.59 bits per heavy atom. The van der Waals surface area contributed by atoms with Gasteiger partial charge >= 0.3 is 0 Å². The van der Waals surface area contributed by atoms with Gasteiger partial charge < -0.3 is 14.7 Å². The van der Waals surface area contributed by atoms with E-state index in [4.69, 9.17) is 4.74 Å². The highest BCUT2D eigenvalue weighted by Crippen LogP contribution is 2.39. The molecule has 2 aliphatic rings. The lowest BCUT2D eigenvalue weighted by atomic mass is 9.96. The number of nitrogens with zero attached hydrogens (tertiary/aromatic N) is 3. The quantitative estimate of drug-likeness (QED) is 0.559. The SMILES string of the molecule is C[C@@H]1/C=C/COc2c(ccc(F)c2F)[C@H](c2ccccc2)N2CN1C(=O)c1c(O)c(=O)ccn12. The lowest BCUT2D eigenvalue weighted by Crippen LogP contribution is -2.57. The van der Waals surface area contributed by atoms with E-state index in [-0.39, 0.29) is 24.7 Å². The largest absolute Gasteiger partial charge is 0.502 e. The first kappa shape index (κ1) is 21.7. The zero-order chi connectivity index (χ0) is 24.0. The normalized spacial score (nSPS) is 20.6. The van der Waals surface area contributed by atoms with Crippen molar-refractivity contribution in [2.75, 3.05) is 18.3 Å². The summed E-state index contributed by atoms with van der Waals surface area (Å²) in [5, 5.41) is 12.3. The van der Waals surface area contributed by atoms with Crippen LogP contribution in [0.25, 0.3) is 0 Å². The third-order valence-corrected chi connectivity index (χ3v) is 6.11. The highest BCUT2D eigenvalue weighted by atomic mass is 19.2. The topological polar surface area (TPSA) is 75.0 Å². The first-order valence-electron chi connectivity index (χ1n) is 10.7. The van der Waals surface area contributed by atoms with Crippen molar-refractivity contribution in [1.82, 2.24) is 9.58 Å². The van der Waals surface area contributed by atoms with E-state index in [9.17, 15) is 23.5 Å². The van der Waals surface area contributed by atoms with Crippen molar-refractivity contribution in [1.29, 1.82) is 0 Å². The average molecular weight is 465 g/mol. The molecule has 2 aliphatic heterocycles. The van der Waals surface area contributed by atoms with Crippen LogP contribution >= 0.6 is 0 Å². The summed E-state index contributed by atoms with van der Waals surface area (Å²) in [6.45, 7) is 1.78. The van der Waals surface area contributed by atoms with Gasteiger partial charge in [0.05, 0.1) is 0 Å². The molecule has 0 aliphatic carbocycles. The van der Waals surface area contributed by atoms with E-state index < -0.39 is 40.8 Å². The molecular formula is C25H21F2N3O4. The highest BCUT2D eigenvalue weighted by Gasteiger charge is 2.39. The van der Waals surface area contributed by atoms with Gasteiger partial charge in [-0.3, -0.25) is 19.3 Å². The number of hydrogen-bond donors (Lipinski definition) is 1. The molecule has 34 heavy (non-hydrogen) atoms. The van der Waals surface area contributed by atoms with Crippen LogP contribution in [0.5, 0.6) is 11.5 Å². The number of amides is 1. The van der Waals surface area contributed by atoms with E-state index in [2.05, 4.69) is 0 Å². The van der Waals surface area contributed by atoms with E-state index in [1.165, 1.54) is 21.8 Å². The maximum atomic E-state index is 15.0. The first-order chi connectivity index (χ1) is 16.4. The van der Waals surface area contributed by atoms with Gasteiger partial charge in [-0.25, -0.2) is 4.39 Å². The zero-order valence-corrected chi connectivity index (χ0v) is 18.2. The molecule has 9 heteroatoms. The Morgan fingerprint density at radius 1 is 1.06 bits per heavy atom. The monoisotopic (exact) mass is 465 g/mol. The highest BCUT2D eigenvalue weighted by molar-refractivity contribution is 5.96. The third-order valence-electron chi connectivity index (χ3n) is 6.11. The summed E-state index contributed by atoms with van der Waals surface area (Å²) in [6.07, 6.45) is 4.71. The molecule has 7 nitrogen and oxygen atoms in total. The Labute approximate surface area is 193 Å². The van der Waals surface area contributed by atoms with Gasteiger partial charge in [-0.05, 0) is 30.7 Å². The summed E-state index contributed by atoms with van der Waals surface area (Å²) in [5.41, 5.74) is 0.134. The lowest BCUT2D eigenvalue weighted by Gasteiger charge is -2.45. The molecule has 3 aromatic rings. The summed E-state index contributed by atoms with van der Waals surface area (Å²) >= 11 is 0. The number of aromatic hydroxyl groups is 1. The van der Waals surface area contributed by atoms with Crippen molar-refractivity contribution >= 4 is 5.91 Å². The molecule has 2 aromatic carbocycles. The van der Waals surface area contributed by atoms with E-state index >= 15 is 0 Å². The number of ether oxygens (including phenoxy) is 1. The van der Waals surface area contributed by atoms with Gasteiger partial charge in [0.2, 0.25) is 11.2 Å². The molecule has 0 spiro atoms. The second-order valence-corrected chi connectivity index (χ2v) is 8.15. The van der Waals surface area contributed by atoms with E-state index in [0.717, 1.165) is 12.1 Å². The molecule has 3 heterocycles. The van der Waals surface area contributed by atoms with Crippen LogP contribution in [-0.4, -0.2) is 39.9 Å². The molecule has 0 saturated heterocycles. The van der Waals surface area contributed by atoms with Crippen LogP contribution in [0.15, 0.2) is 71.7 Å². The predicted molar refractivity (Wildman–Crippen MR) is 120 cm³/mol. The van der Waals surface area contributed by atoms with Crippen molar-refractivity contribution in [3.8, 4) is 11.5 Å². The van der Waals surface area contributed by atoms with Crippen LogP contribution < -0.4 is 15.2 Å². The fourth-order valence-electron chi connectivity index (χ4n) is 4.42. The number of hydrogen-bond acceptors (Lipinski definition) is 5. The zero-order valence-electron chi connectivity index (χ0n) is 18.2. The molecule has 0 fully saturated rings. The Kier molecular flexibility index (Phi) is 5.31. The van der Waals surface area contributed by atoms with Crippen LogP contribution in [-0.2, 0) is 0 Å². The van der Waals surface area contributed by atoms with Gasteiger partial charge in [-0.15, -0.1) is 0 Å². The summed E-state index contributed by atoms with van der Waals surface area (Å²) in [5.74, 6) is -3.62. The molecular weight excluding hydrogens is 444 g/mol. The maximum absolute atomic E-state index is 15.0. The Hall–Kier alpha value is -4.14. The van der Waals surface area contributed by atoms with Crippen molar-refractivity contribution in [3.05, 3.63) is 106 Å². The van der Waals surface area contributed by atoms with Crippen LogP contribution in [0.4, 0.5) is 8.78 Å². The predicted octanol–water partition coefficient (Wildman–Crippen LogP) is 3.31. The molecule has 1 N–H and O–H groups in total. The van der Waals surface area contributed by atoms with Crippen LogP contribution in [0.2, 0.25) is 0 Å². The van der Waals surface area contributed by atoms with Crippen molar-refractivity contribution in [3.63, 3.8) is 0 Å². The van der Waals surface area contributed by atoms with Crippen molar-refractivity contribution in [2.45, 2.75) is 19.0 Å². The Balaban J connectivity index is 1.84. The number of carbonyl (C=O) groups is 1. The maximum Gasteiger partial charge on any atom is 0.278 e. The number of pyridine rings is 1. The van der Waals surface area contributed by atoms with E-state index in [0.29, 0.717) is 11.1 Å². The average Bonchev–Trinajstić information content (AvgIpc) is 2.86. The summed E-state index contributed by atoms with van der Waals surface area (Å²) in [7, 11) is 0. The summed E-state index contributed by atoms with van der Waals surface area (Å²) in [6, 6.07) is 11.5. The number of aromatic nitrogens is 1. The molecule has 2 atom stereocenters. The minimum absolute atomic E-state index is 0.0393. The Bertz CT molecular complexity index is 1360. The fourth-order valence-corrected chi connectivity index (χ4v) is 4.42. The van der Waals surface area contributed by atoms with E-state index in [1.807, 2.05) is 30.3 Å². The standard InChI is InChI=1S/C25H21F2N3O4/c1-15-6-5-13-34-24-17(9-10-18(26)20(24)27)21(16-7-3-2-4-8-16)30-14-28(15)25(33)22-23(32)19(31)11-12-29(22)30/h2-12,15,21,32H,13-14H2,1H3/b6-5+/t15-,21+/m1/s1. The molecule has 0 unspecified atom stereocenters. The smallest absolute Gasteiger partial charge is 0.278 e. The molecule has 1 aromatic heterocycles.